The van der Waals surface area contributed by atoms with E-state index in [4.69, 9.17) is 20.9 Å². The molecule has 0 unspecified atom stereocenters. The van der Waals surface area contributed by atoms with Gasteiger partial charge in [0.25, 0.3) is 0 Å². The fourth-order valence-corrected chi connectivity index (χ4v) is 5.20. The summed E-state index contributed by atoms with van der Waals surface area (Å²) in [6.07, 6.45) is 5.16. The van der Waals surface area contributed by atoms with Crippen LogP contribution >= 0.6 is 0 Å². The molecule has 3 aromatic carbocycles. The molecule has 5 rings (SSSR count). The highest BCUT2D eigenvalue weighted by Gasteiger charge is 2.23. The van der Waals surface area contributed by atoms with Crippen LogP contribution in [0, 0.1) is 12.3 Å². The number of anilines is 1. The van der Waals surface area contributed by atoms with Crippen molar-refractivity contribution in [2.45, 2.75) is 59.0 Å². The van der Waals surface area contributed by atoms with E-state index in [2.05, 4.69) is 59.7 Å². The van der Waals surface area contributed by atoms with E-state index in [0.29, 0.717) is 5.84 Å². The van der Waals surface area contributed by atoms with Gasteiger partial charge in [0.2, 0.25) is 0 Å². The van der Waals surface area contributed by atoms with Gasteiger partial charge >= 0.3 is 0 Å². The van der Waals surface area contributed by atoms with Crippen LogP contribution in [0.2, 0.25) is 0 Å². The number of aryl methyl sites for hydroxylation is 2. The summed E-state index contributed by atoms with van der Waals surface area (Å²) in [6.45, 7) is 7.95. The molecule has 0 radical (unpaired) electrons. The number of hydrogen-bond acceptors (Lipinski definition) is 4. The van der Waals surface area contributed by atoms with Crippen LogP contribution < -0.4 is 10.5 Å². The Bertz CT molecular complexity index is 1380. The highest BCUT2D eigenvalue weighted by Crippen LogP contribution is 2.35. The molecule has 0 atom stereocenters. The molecule has 35 heavy (non-hydrogen) atoms. The Morgan fingerprint density at radius 3 is 2.54 bits per heavy atom. The molecular weight excluding hydrogens is 434 g/mol. The first-order chi connectivity index (χ1) is 17.0. The highest BCUT2D eigenvalue weighted by atomic mass is 16.5. The number of rotatable bonds is 6. The number of likely N-dealkylation sites (tertiary alicyclic amines) is 1. The SMILES string of the molecule is CCCCc1nc2c(C)c(OC3CCN(C(C)=N)CC3)ccc2n1-c1ccc(N)c2ccccc12. The number of imidazole rings is 1. The number of nitrogens with two attached hydrogens (primary N) is 1. The van der Waals surface area contributed by atoms with Crippen molar-refractivity contribution >= 4 is 33.3 Å². The Balaban J connectivity index is 1.56. The minimum atomic E-state index is 0.171. The predicted octanol–water partition coefficient (Wildman–Crippen LogP) is 6.25. The Kier molecular flexibility index (Phi) is 6.37. The van der Waals surface area contributed by atoms with Crippen molar-refractivity contribution in [3.8, 4) is 11.4 Å². The molecule has 3 N–H and O–H groups in total. The monoisotopic (exact) mass is 469 g/mol. The van der Waals surface area contributed by atoms with Gasteiger partial charge in [0.05, 0.1) is 22.6 Å². The number of piperidine rings is 1. The number of unbranched alkanes of at least 4 members (excludes halogenated alkanes) is 1. The molecule has 0 amide bonds. The van der Waals surface area contributed by atoms with Crippen molar-refractivity contribution in [2.75, 3.05) is 18.8 Å². The standard InChI is InChI=1S/C29H35N5O/c1-4-5-10-28-32-29-19(2)27(35-21-15-17-33(18-16-21)20(3)30)14-13-26(29)34(28)25-12-11-24(31)22-8-6-7-9-23(22)25/h6-9,11-14,21,30H,4-5,10,15-18,31H2,1-3H3. The normalized spacial score (nSPS) is 14.7. The Morgan fingerprint density at radius 2 is 1.83 bits per heavy atom. The minimum Gasteiger partial charge on any atom is -0.490 e. The molecule has 1 aliphatic rings. The maximum atomic E-state index is 7.87. The molecule has 6 heteroatoms. The lowest BCUT2D eigenvalue weighted by Crippen LogP contribution is -2.40. The molecule has 1 saturated heterocycles. The quantitative estimate of drug-likeness (QED) is 0.199. The number of amidine groups is 1. The van der Waals surface area contributed by atoms with Gasteiger partial charge in [0.15, 0.2) is 0 Å². The number of hydrogen-bond donors (Lipinski definition) is 2. The molecule has 6 nitrogen and oxygen atoms in total. The fourth-order valence-electron chi connectivity index (χ4n) is 5.20. The van der Waals surface area contributed by atoms with Crippen molar-refractivity contribution < 1.29 is 4.74 Å². The van der Waals surface area contributed by atoms with E-state index < -0.39 is 0 Å². The smallest absolute Gasteiger partial charge is 0.124 e. The van der Waals surface area contributed by atoms with Crippen molar-refractivity contribution in [1.82, 2.24) is 14.5 Å². The van der Waals surface area contributed by atoms with Gasteiger partial charge in [-0.3, -0.25) is 9.98 Å². The lowest BCUT2D eigenvalue weighted by molar-refractivity contribution is 0.130. The molecule has 1 aliphatic heterocycles. The first-order valence-corrected chi connectivity index (χ1v) is 12.7. The lowest BCUT2D eigenvalue weighted by atomic mass is 10.1. The number of ether oxygens (including phenoxy) is 1. The van der Waals surface area contributed by atoms with Crippen LogP contribution in [0.1, 0.15) is 50.9 Å². The first-order valence-electron chi connectivity index (χ1n) is 12.7. The summed E-state index contributed by atoms with van der Waals surface area (Å²) in [6, 6.07) is 16.7. The molecule has 1 fully saturated rings. The Morgan fingerprint density at radius 1 is 1.09 bits per heavy atom. The average Bonchev–Trinajstić information content (AvgIpc) is 3.24. The number of benzene rings is 3. The second-order valence-electron chi connectivity index (χ2n) is 9.63. The van der Waals surface area contributed by atoms with E-state index in [1.807, 2.05) is 19.1 Å². The molecule has 0 aliphatic carbocycles. The summed E-state index contributed by atoms with van der Waals surface area (Å²) in [5.74, 6) is 2.63. The van der Waals surface area contributed by atoms with Gasteiger partial charge in [-0.25, -0.2) is 4.98 Å². The van der Waals surface area contributed by atoms with Crippen molar-refractivity contribution in [3.05, 3.63) is 59.9 Å². The van der Waals surface area contributed by atoms with Gasteiger partial charge in [0, 0.05) is 54.4 Å². The molecule has 0 saturated carbocycles. The Hall–Kier alpha value is -3.54. The second kappa shape index (κ2) is 9.61. The first kappa shape index (κ1) is 23.2. The average molecular weight is 470 g/mol. The maximum absolute atomic E-state index is 7.87. The predicted molar refractivity (Wildman–Crippen MR) is 145 cm³/mol. The molecule has 4 aromatic rings. The van der Waals surface area contributed by atoms with Gasteiger partial charge in [0.1, 0.15) is 17.7 Å². The third kappa shape index (κ3) is 4.33. The van der Waals surface area contributed by atoms with Crippen LogP contribution in [-0.4, -0.2) is 39.5 Å². The summed E-state index contributed by atoms with van der Waals surface area (Å²) in [5.41, 5.74) is 11.4. The maximum Gasteiger partial charge on any atom is 0.124 e. The van der Waals surface area contributed by atoms with E-state index in [1.54, 1.807) is 0 Å². The summed E-state index contributed by atoms with van der Waals surface area (Å²) in [4.78, 5) is 7.28. The third-order valence-corrected chi connectivity index (χ3v) is 7.24. The van der Waals surface area contributed by atoms with Crippen LogP contribution in [0.5, 0.6) is 5.75 Å². The van der Waals surface area contributed by atoms with Gasteiger partial charge in [-0.05, 0) is 44.5 Å². The molecule has 0 bridgehead atoms. The number of nitrogens with one attached hydrogen (secondary N) is 1. The zero-order valence-electron chi connectivity index (χ0n) is 21.0. The van der Waals surface area contributed by atoms with Gasteiger partial charge < -0.3 is 15.4 Å². The third-order valence-electron chi connectivity index (χ3n) is 7.24. The number of fused-ring (bicyclic) bond motifs is 2. The Labute approximate surface area is 207 Å². The van der Waals surface area contributed by atoms with Crippen LogP contribution in [0.4, 0.5) is 5.69 Å². The van der Waals surface area contributed by atoms with Gasteiger partial charge in [-0.1, -0.05) is 37.6 Å². The van der Waals surface area contributed by atoms with E-state index in [-0.39, 0.29) is 6.10 Å². The topological polar surface area (TPSA) is 80.2 Å². The largest absolute Gasteiger partial charge is 0.490 e. The summed E-state index contributed by atoms with van der Waals surface area (Å²) in [5, 5.41) is 10.1. The van der Waals surface area contributed by atoms with Crippen molar-refractivity contribution in [3.63, 3.8) is 0 Å². The number of nitrogens with zero attached hydrogens (tertiary/aromatic N) is 3. The second-order valence-corrected chi connectivity index (χ2v) is 9.63. The van der Waals surface area contributed by atoms with E-state index in [0.717, 1.165) is 95.5 Å². The minimum absolute atomic E-state index is 0.171. The van der Waals surface area contributed by atoms with Crippen LogP contribution in [0.15, 0.2) is 48.5 Å². The summed E-state index contributed by atoms with van der Waals surface area (Å²) in [7, 11) is 0. The molecule has 1 aromatic heterocycles. The van der Waals surface area contributed by atoms with E-state index >= 15 is 0 Å². The van der Waals surface area contributed by atoms with E-state index in [1.165, 1.54) is 0 Å². The zero-order chi connectivity index (χ0) is 24.5. The van der Waals surface area contributed by atoms with Crippen molar-refractivity contribution in [1.29, 1.82) is 5.41 Å². The van der Waals surface area contributed by atoms with Gasteiger partial charge in [-0.15, -0.1) is 0 Å². The summed E-state index contributed by atoms with van der Waals surface area (Å²) < 4.78 is 8.80. The molecular formula is C29H35N5O. The van der Waals surface area contributed by atoms with Crippen LogP contribution in [0.3, 0.4) is 0 Å². The fraction of sp³-hybridized carbons (Fsp3) is 0.379. The zero-order valence-corrected chi connectivity index (χ0v) is 21.0. The molecule has 2 heterocycles. The molecule has 0 spiro atoms. The van der Waals surface area contributed by atoms with Crippen LogP contribution in [0.25, 0.3) is 27.5 Å². The highest BCUT2D eigenvalue weighted by molar-refractivity contribution is 5.99. The molecule has 182 valence electrons. The van der Waals surface area contributed by atoms with Crippen molar-refractivity contribution in [2.24, 2.45) is 0 Å². The van der Waals surface area contributed by atoms with Gasteiger partial charge in [-0.2, -0.15) is 0 Å². The number of nitrogen functional groups attached to an aromatic ring is 1. The van der Waals surface area contributed by atoms with Crippen LogP contribution in [-0.2, 0) is 6.42 Å². The number of aromatic nitrogens is 2. The van der Waals surface area contributed by atoms with E-state index in [9.17, 15) is 0 Å². The summed E-state index contributed by atoms with van der Waals surface area (Å²) >= 11 is 0. The lowest BCUT2D eigenvalue weighted by Gasteiger charge is -2.33.